The first-order valence-electron chi connectivity index (χ1n) is 10.6. The number of anilines is 1. The average Bonchev–Trinajstić information content (AvgIpc) is 3.09. The zero-order valence-corrected chi connectivity index (χ0v) is 20.3. The number of benzene rings is 1. The highest BCUT2D eigenvalue weighted by atomic mass is 35.5. The van der Waals surface area contributed by atoms with Crippen LogP contribution in [0.4, 0.5) is 28.0 Å². The van der Waals surface area contributed by atoms with E-state index in [-0.39, 0.29) is 30.4 Å². The largest absolute Gasteiger partial charge is 0.401 e. The number of urea groups is 1. The molecule has 2 aromatic rings. The number of fused-ring (bicyclic) bond motifs is 3. The first-order chi connectivity index (χ1) is 16.9. The number of hydroxylamine groups is 2. The lowest BCUT2D eigenvalue weighted by Crippen LogP contribution is -2.40. The zero-order valence-electron chi connectivity index (χ0n) is 18.8. The van der Waals surface area contributed by atoms with Gasteiger partial charge in [0.1, 0.15) is 34.4 Å². The molecule has 2 aliphatic rings. The van der Waals surface area contributed by atoms with Crippen LogP contribution < -0.4 is 10.0 Å². The molecule has 2 N–H and O–H groups in total. The summed E-state index contributed by atoms with van der Waals surface area (Å²) in [4.78, 5) is 32.8. The van der Waals surface area contributed by atoms with Crippen molar-refractivity contribution in [3.8, 4) is 0 Å². The molecular weight excluding hydrogens is 532 g/mol. The van der Waals surface area contributed by atoms with E-state index >= 15 is 0 Å². The van der Waals surface area contributed by atoms with Crippen LogP contribution in [-0.4, -0.2) is 74.1 Å². The molecule has 10 nitrogen and oxygen atoms in total. The number of nitrogens with one attached hydrogen (secondary N) is 2. The van der Waals surface area contributed by atoms with Gasteiger partial charge in [-0.3, -0.25) is 14.3 Å². The number of hydrogen-bond acceptors (Lipinski definition) is 5. The van der Waals surface area contributed by atoms with E-state index in [2.05, 4.69) is 15.1 Å². The molecule has 2 atom stereocenters. The van der Waals surface area contributed by atoms with Crippen LogP contribution in [-0.2, 0) is 35.3 Å². The molecule has 0 saturated heterocycles. The molecule has 0 saturated carbocycles. The Kier molecular flexibility index (Phi) is 7.54. The van der Waals surface area contributed by atoms with Crippen LogP contribution in [0.15, 0.2) is 18.2 Å². The van der Waals surface area contributed by atoms with Crippen molar-refractivity contribution >= 4 is 40.2 Å². The van der Waals surface area contributed by atoms with Gasteiger partial charge in [0.05, 0.1) is 23.8 Å². The van der Waals surface area contributed by atoms with Gasteiger partial charge in [0.15, 0.2) is 0 Å². The quantitative estimate of drug-likeness (QED) is 0.554. The van der Waals surface area contributed by atoms with Crippen molar-refractivity contribution in [3.05, 3.63) is 46.0 Å². The minimum absolute atomic E-state index is 0.00884. The van der Waals surface area contributed by atoms with Crippen molar-refractivity contribution in [2.45, 2.75) is 31.8 Å². The molecule has 2 unspecified atom stereocenters. The summed E-state index contributed by atoms with van der Waals surface area (Å²) in [6, 6.07) is 3.29. The Morgan fingerprint density at radius 3 is 2.81 bits per heavy atom. The van der Waals surface area contributed by atoms with Crippen LogP contribution in [0.2, 0.25) is 5.02 Å². The second-order valence-electron chi connectivity index (χ2n) is 8.17. The van der Waals surface area contributed by atoms with Crippen molar-refractivity contribution in [3.63, 3.8) is 0 Å². The number of nitrogens with zero attached hydrogens (tertiary/aromatic N) is 4. The number of alkyl halides is 3. The van der Waals surface area contributed by atoms with Gasteiger partial charge >= 0.3 is 12.2 Å². The van der Waals surface area contributed by atoms with E-state index in [0.717, 1.165) is 11.1 Å². The third-order valence-corrected chi connectivity index (χ3v) is 6.87. The van der Waals surface area contributed by atoms with Crippen LogP contribution in [0.25, 0.3) is 0 Å². The van der Waals surface area contributed by atoms with Gasteiger partial charge in [-0.05, 0) is 18.2 Å². The van der Waals surface area contributed by atoms with Crippen LogP contribution in [0.3, 0.4) is 0 Å². The van der Waals surface area contributed by atoms with Gasteiger partial charge < -0.3 is 10.2 Å². The second-order valence-corrected chi connectivity index (χ2v) is 9.85. The molecule has 0 fully saturated rings. The monoisotopic (exact) mass is 552 g/mol. The van der Waals surface area contributed by atoms with Gasteiger partial charge in [-0.1, -0.05) is 11.6 Å². The van der Waals surface area contributed by atoms with Gasteiger partial charge in [-0.2, -0.15) is 18.3 Å². The molecule has 0 radical (unpaired) electrons. The number of halogens is 5. The maximum Gasteiger partial charge on any atom is 0.401 e. The van der Waals surface area contributed by atoms with Gasteiger partial charge in [-0.25, -0.2) is 23.2 Å². The molecule has 0 spiro atoms. The smallest absolute Gasteiger partial charge is 0.320 e. The predicted octanol–water partition coefficient (Wildman–Crippen LogP) is 2.47. The topological polar surface area (TPSA) is 109 Å². The molecule has 2 aliphatic heterocycles. The lowest BCUT2D eigenvalue weighted by atomic mass is 10.1. The fourth-order valence-electron chi connectivity index (χ4n) is 3.88. The Morgan fingerprint density at radius 1 is 1.36 bits per heavy atom. The van der Waals surface area contributed by atoms with Crippen molar-refractivity contribution in [1.29, 1.82) is 0 Å². The summed E-state index contributed by atoms with van der Waals surface area (Å²) in [5, 5.41) is 7.90. The lowest BCUT2D eigenvalue weighted by Gasteiger charge is -2.27. The number of carbonyl (C=O) groups is 2. The Morgan fingerprint density at radius 2 is 2.11 bits per heavy atom. The third-order valence-electron chi connectivity index (χ3n) is 5.50. The Balaban J connectivity index is 1.47. The molecule has 196 valence electrons. The highest BCUT2D eigenvalue weighted by molar-refractivity contribution is 7.83. The molecule has 1 aromatic heterocycles. The first kappa shape index (κ1) is 26.3. The van der Waals surface area contributed by atoms with E-state index in [1.807, 2.05) is 0 Å². The standard InChI is InChI=1S/C20H21ClF4N6O4S/c1-29-18(32)17-13-9-30(19(33)27-11-2-3-15(22)14(21)6-11)5-4-16(13)28-31(17)8-12(35-29)7-26-36(34)10-20(23,24)25/h2-3,6,12,26H,4-5,7-10H2,1H3,(H,27,33). The molecule has 36 heavy (non-hydrogen) atoms. The summed E-state index contributed by atoms with van der Waals surface area (Å²) < 4.78 is 66.0. The molecule has 0 bridgehead atoms. The summed E-state index contributed by atoms with van der Waals surface area (Å²) in [6.45, 7) is 0.142. The Bertz CT molecular complexity index is 1210. The number of amides is 3. The van der Waals surface area contributed by atoms with E-state index in [9.17, 15) is 31.4 Å². The van der Waals surface area contributed by atoms with E-state index in [4.69, 9.17) is 16.4 Å². The van der Waals surface area contributed by atoms with E-state index in [1.54, 1.807) is 0 Å². The van der Waals surface area contributed by atoms with Crippen molar-refractivity contribution in [2.24, 2.45) is 0 Å². The van der Waals surface area contributed by atoms with Crippen LogP contribution in [0, 0.1) is 5.82 Å². The van der Waals surface area contributed by atoms with Crippen LogP contribution in [0.5, 0.6) is 0 Å². The fraction of sp³-hybridized carbons (Fsp3) is 0.450. The highest BCUT2D eigenvalue weighted by Crippen LogP contribution is 2.27. The van der Waals surface area contributed by atoms with Crippen molar-refractivity contribution < 1.29 is 36.2 Å². The maximum atomic E-state index is 13.4. The second kappa shape index (κ2) is 10.3. The van der Waals surface area contributed by atoms with Gasteiger partial charge in [0, 0.05) is 37.8 Å². The van der Waals surface area contributed by atoms with E-state index in [1.165, 1.54) is 28.8 Å². The Labute approximate surface area is 210 Å². The van der Waals surface area contributed by atoms with Crippen molar-refractivity contribution in [1.82, 2.24) is 24.5 Å². The molecule has 1 aromatic carbocycles. The van der Waals surface area contributed by atoms with Gasteiger partial charge in [0.2, 0.25) is 0 Å². The summed E-state index contributed by atoms with van der Waals surface area (Å²) in [6.07, 6.45) is -5.07. The summed E-state index contributed by atoms with van der Waals surface area (Å²) >= 11 is 5.76. The number of rotatable bonds is 5. The first-order valence-corrected chi connectivity index (χ1v) is 12.3. The highest BCUT2D eigenvalue weighted by Gasteiger charge is 2.36. The van der Waals surface area contributed by atoms with Gasteiger partial charge in [-0.15, -0.1) is 0 Å². The molecule has 4 rings (SSSR count). The number of carbonyl (C=O) groups excluding carboxylic acids is 2. The molecule has 0 aliphatic carbocycles. The van der Waals surface area contributed by atoms with E-state index < -0.39 is 46.8 Å². The molecule has 3 heterocycles. The average molecular weight is 553 g/mol. The number of aromatic nitrogens is 2. The summed E-state index contributed by atoms with van der Waals surface area (Å²) in [5.74, 6) is -2.68. The van der Waals surface area contributed by atoms with Gasteiger partial charge in [0.25, 0.3) is 5.91 Å². The third kappa shape index (κ3) is 5.96. The maximum absolute atomic E-state index is 13.4. The van der Waals surface area contributed by atoms with E-state index in [0.29, 0.717) is 29.9 Å². The fourth-order valence-corrected chi connectivity index (χ4v) is 4.83. The summed E-state index contributed by atoms with van der Waals surface area (Å²) in [5.41, 5.74) is 1.61. The number of hydrogen-bond donors (Lipinski definition) is 2. The summed E-state index contributed by atoms with van der Waals surface area (Å²) in [7, 11) is -1.02. The minimum Gasteiger partial charge on any atom is -0.320 e. The molecule has 3 amide bonds. The molecular formula is C20H21ClF4N6O4S. The predicted molar refractivity (Wildman–Crippen MR) is 121 cm³/mol. The normalized spacial score (nSPS) is 18.9. The van der Waals surface area contributed by atoms with Crippen LogP contribution in [0.1, 0.15) is 21.7 Å². The Hall–Kier alpha value is -2.75. The lowest BCUT2D eigenvalue weighted by molar-refractivity contribution is -0.145. The van der Waals surface area contributed by atoms with Crippen LogP contribution >= 0.6 is 11.6 Å². The SMILES string of the molecule is CN1OC(CNS(=O)CC(F)(F)F)Cn2nc3c(c2C1=O)CN(C(=O)Nc1ccc(F)c(Cl)c1)CC3. The zero-order chi connectivity index (χ0) is 26.2. The minimum atomic E-state index is -4.59. The van der Waals surface area contributed by atoms with Crippen molar-refractivity contribution in [2.75, 3.05) is 31.2 Å². The molecule has 16 heteroatoms.